The Morgan fingerprint density at radius 2 is 1.76 bits per heavy atom. The summed E-state index contributed by atoms with van der Waals surface area (Å²) in [5.41, 5.74) is 4.64. The molecule has 4 rings (SSSR count). The van der Waals surface area contributed by atoms with Gasteiger partial charge < -0.3 is 9.72 Å². The molecule has 8 nitrogen and oxygen atoms in total. The summed E-state index contributed by atoms with van der Waals surface area (Å²) in [5.74, 6) is 1.61. The van der Waals surface area contributed by atoms with Gasteiger partial charge in [-0.3, -0.25) is 9.69 Å². The average Bonchev–Trinajstić information content (AvgIpc) is 3.37. The number of aromatic nitrogens is 5. The third-order valence-corrected chi connectivity index (χ3v) is 7.53. The standard InChI is InChI=1S/C29H38N6O2/c1-8-25(27-31-32-33-35(27)29(5,6)9-2)34(17-21-12-10-11-13-26(21)37-7)18-23-16-22-14-19(3)20(4)15-24(22)30-28(23)36/h10-16,25H,8-9,17-18H2,1-7H3,(H,30,36). The van der Waals surface area contributed by atoms with Crippen LogP contribution in [0.1, 0.15) is 74.7 Å². The number of para-hydroxylation sites is 1. The van der Waals surface area contributed by atoms with E-state index in [0.717, 1.165) is 46.4 Å². The van der Waals surface area contributed by atoms with Gasteiger partial charge in [-0.05, 0) is 91.7 Å². The van der Waals surface area contributed by atoms with E-state index in [1.165, 1.54) is 5.56 Å². The smallest absolute Gasteiger partial charge is 0.252 e. The van der Waals surface area contributed by atoms with E-state index in [9.17, 15) is 4.79 Å². The van der Waals surface area contributed by atoms with Gasteiger partial charge in [0.1, 0.15) is 5.75 Å². The van der Waals surface area contributed by atoms with Gasteiger partial charge >= 0.3 is 0 Å². The lowest BCUT2D eigenvalue weighted by Gasteiger charge is -2.33. The maximum absolute atomic E-state index is 13.3. The number of rotatable bonds is 10. The minimum absolute atomic E-state index is 0.0795. The molecule has 2 aromatic carbocycles. The second kappa shape index (κ2) is 10.8. The van der Waals surface area contributed by atoms with Crippen LogP contribution in [0.2, 0.25) is 0 Å². The molecule has 1 unspecified atom stereocenters. The van der Waals surface area contributed by atoms with Crippen LogP contribution >= 0.6 is 0 Å². The van der Waals surface area contributed by atoms with E-state index in [1.807, 2.05) is 35.0 Å². The van der Waals surface area contributed by atoms with Gasteiger partial charge in [-0.15, -0.1) is 5.10 Å². The fourth-order valence-electron chi connectivity index (χ4n) is 4.77. The Kier molecular flexibility index (Phi) is 7.78. The van der Waals surface area contributed by atoms with Crippen molar-refractivity contribution in [1.29, 1.82) is 0 Å². The van der Waals surface area contributed by atoms with E-state index < -0.39 is 0 Å². The van der Waals surface area contributed by atoms with E-state index in [2.05, 4.69) is 79.1 Å². The monoisotopic (exact) mass is 502 g/mol. The molecule has 0 aliphatic carbocycles. The number of fused-ring (bicyclic) bond motifs is 1. The van der Waals surface area contributed by atoms with E-state index in [1.54, 1.807) is 7.11 Å². The zero-order chi connectivity index (χ0) is 26.7. The first-order chi connectivity index (χ1) is 17.7. The zero-order valence-electron chi connectivity index (χ0n) is 23.0. The second-order valence-electron chi connectivity index (χ2n) is 10.4. The summed E-state index contributed by atoms with van der Waals surface area (Å²) < 4.78 is 7.60. The van der Waals surface area contributed by atoms with Crippen molar-refractivity contribution < 1.29 is 4.74 Å². The Morgan fingerprint density at radius 1 is 1.05 bits per heavy atom. The Balaban J connectivity index is 1.81. The number of nitrogens with zero attached hydrogens (tertiary/aromatic N) is 5. The molecule has 1 N–H and O–H groups in total. The van der Waals surface area contributed by atoms with Crippen LogP contribution in [-0.2, 0) is 18.6 Å². The first-order valence-corrected chi connectivity index (χ1v) is 13.0. The molecule has 0 saturated heterocycles. The van der Waals surface area contributed by atoms with Crippen LogP contribution in [-0.4, -0.2) is 37.2 Å². The zero-order valence-corrected chi connectivity index (χ0v) is 23.0. The molecular weight excluding hydrogens is 464 g/mol. The lowest BCUT2D eigenvalue weighted by molar-refractivity contribution is 0.149. The van der Waals surface area contributed by atoms with Crippen molar-refractivity contribution in [2.24, 2.45) is 0 Å². The number of ether oxygens (including phenoxy) is 1. The van der Waals surface area contributed by atoms with Gasteiger partial charge in [-0.25, -0.2) is 4.68 Å². The number of pyridine rings is 1. The minimum atomic E-state index is -0.238. The van der Waals surface area contributed by atoms with Crippen LogP contribution in [0, 0.1) is 13.8 Å². The van der Waals surface area contributed by atoms with Gasteiger partial charge in [0.15, 0.2) is 5.82 Å². The van der Waals surface area contributed by atoms with Gasteiger partial charge in [0.2, 0.25) is 0 Å². The summed E-state index contributed by atoms with van der Waals surface area (Å²) in [5, 5.41) is 13.9. The first-order valence-electron chi connectivity index (χ1n) is 13.0. The van der Waals surface area contributed by atoms with Crippen LogP contribution in [0.3, 0.4) is 0 Å². The first kappa shape index (κ1) is 26.5. The molecule has 8 heteroatoms. The van der Waals surface area contributed by atoms with Crippen molar-refractivity contribution in [3.05, 3.63) is 80.9 Å². The molecule has 0 amide bonds. The predicted molar refractivity (Wildman–Crippen MR) is 147 cm³/mol. The highest BCUT2D eigenvalue weighted by atomic mass is 16.5. The molecular formula is C29H38N6O2. The molecule has 37 heavy (non-hydrogen) atoms. The van der Waals surface area contributed by atoms with Crippen molar-refractivity contribution in [1.82, 2.24) is 30.1 Å². The molecule has 2 aromatic heterocycles. The topological polar surface area (TPSA) is 88.9 Å². The molecule has 0 saturated carbocycles. The van der Waals surface area contributed by atoms with Crippen LogP contribution in [0.25, 0.3) is 10.9 Å². The number of aromatic amines is 1. The third kappa shape index (κ3) is 5.44. The highest BCUT2D eigenvalue weighted by Gasteiger charge is 2.31. The summed E-state index contributed by atoms with van der Waals surface area (Å²) >= 11 is 0. The number of methoxy groups -OCH3 is 1. The van der Waals surface area contributed by atoms with E-state index in [4.69, 9.17) is 4.74 Å². The lowest BCUT2D eigenvalue weighted by Crippen LogP contribution is -2.36. The number of hydrogen-bond acceptors (Lipinski definition) is 6. The third-order valence-electron chi connectivity index (χ3n) is 7.53. The maximum Gasteiger partial charge on any atom is 0.252 e. The molecule has 196 valence electrons. The molecule has 0 aliphatic rings. The molecule has 0 radical (unpaired) electrons. The number of H-pyrrole nitrogens is 1. The number of hydrogen-bond donors (Lipinski definition) is 1. The van der Waals surface area contributed by atoms with Crippen LogP contribution in [0.15, 0.2) is 47.3 Å². The second-order valence-corrected chi connectivity index (χ2v) is 10.4. The number of benzene rings is 2. The van der Waals surface area contributed by atoms with Crippen molar-refractivity contribution in [2.75, 3.05) is 7.11 Å². The molecule has 0 spiro atoms. The average molecular weight is 503 g/mol. The summed E-state index contributed by atoms with van der Waals surface area (Å²) in [7, 11) is 1.68. The van der Waals surface area contributed by atoms with Crippen molar-refractivity contribution in [3.8, 4) is 5.75 Å². The Labute approximate surface area is 218 Å². The minimum Gasteiger partial charge on any atom is -0.496 e. The number of nitrogens with one attached hydrogen (secondary N) is 1. The van der Waals surface area contributed by atoms with Gasteiger partial charge in [-0.2, -0.15) is 0 Å². The highest BCUT2D eigenvalue weighted by Crippen LogP contribution is 2.32. The van der Waals surface area contributed by atoms with Crippen LogP contribution in [0.5, 0.6) is 5.75 Å². The van der Waals surface area contributed by atoms with Crippen molar-refractivity contribution in [3.63, 3.8) is 0 Å². The number of tetrazole rings is 1. The fraction of sp³-hybridized carbons (Fsp3) is 0.448. The summed E-state index contributed by atoms with van der Waals surface area (Å²) in [6.07, 6.45) is 1.66. The van der Waals surface area contributed by atoms with Crippen LogP contribution < -0.4 is 10.3 Å². The molecule has 1 atom stereocenters. The molecule has 2 heterocycles. The van der Waals surface area contributed by atoms with Gasteiger partial charge in [-0.1, -0.05) is 32.0 Å². The van der Waals surface area contributed by atoms with Gasteiger partial charge in [0, 0.05) is 29.7 Å². The van der Waals surface area contributed by atoms with Crippen molar-refractivity contribution in [2.45, 2.75) is 79.1 Å². The Morgan fingerprint density at radius 3 is 2.46 bits per heavy atom. The van der Waals surface area contributed by atoms with Crippen LogP contribution in [0.4, 0.5) is 0 Å². The molecule has 0 bridgehead atoms. The van der Waals surface area contributed by atoms with Gasteiger partial charge in [0.25, 0.3) is 5.56 Å². The SMILES string of the molecule is CCC(c1nnnn1C(C)(C)CC)N(Cc1ccccc1OC)Cc1cc2cc(C)c(C)cc2[nH]c1=O. The maximum atomic E-state index is 13.3. The molecule has 0 aliphatic heterocycles. The predicted octanol–water partition coefficient (Wildman–Crippen LogP) is 5.44. The van der Waals surface area contributed by atoms with E-state index in [-0.39, 0.29) is 17.1 Å². The highest BCUT2D eigenvalue weighted by molar-refractivity contribution is 5.80. The molecule has 4 aromatic rings. The molecule has 0 fully saturated rings. The summed E-state index contributed by atoms with van der Waals surface area (Å²) in [6, 6.07) is 14.1. The largest absolute Gasteiger partial charge is 0.496 e. The van der Waals surface area contributed by atoms with E-state index >= 15 is 0 Å². The quantitative estimate of drug-likeness (QED) is 0.311. The summed E-state index contributed by atoms with van der Waals surface area (Å²) in [6.45, 7) is 13.7. The normalized spacial score (nSPS) is 12.9. The lowest BCUT2D eigenvalue weighted by atomic mass is 10.0. The van der Waals surface area contributed by atoms with E-state index in [0.29, 0.717) is 18.7 Å². The fourth-order valence-corrected chi connectivity index (χ4v) is 4.77. The Bertz CT molecular complexity index is 1440. The number of aryl methyl sites for hydroxylation is 2. The summed E-state index contributed by atoms with van der Waals surface area (Å²) in [4.78, 5) is 18.6. The van der Waals surface area contributed by atoms with Gasteiger partial charge in [0.05, 0.1) is 18.7 Å². The Hall–Kier alpha value is -3.52. The van der Waals surface area contributed by atoms with Crippen molar-refractivity contribution >= 4 is 10.9 Å².